The summed E-state index contributed by atoms with van der Waals surface area (Å²) < 4.78 is 7.16. The van der Waals surface area contributed by atoms with Gasteiger partial charge in [-0.05, 0) is 29.8 Å². The monoisotopic (exact) mass is 396 g/mol. The van der Waals surface area contributed by atoms with Gasteiger partial charge in [-0.25, -0.2) is 4.98 Å². The molecule has 4 rings (SSSR count). The summed E-state index contributed by atoms with van der Waals surface area (Å²) in [5, 5.41) is 3.46. The third-order valence-corrected chi connectivity index (χ3v) is 4.85. The van der Waals surface area contributed by atoms with Crippen molar-refractivity contribution in [3.8, 4) is 11.4 Å². The van der Waals surface area contributed by atoms with Gasteiger partial charge in [0.25, 0.3) is 5.91 Å². The molecule has 1 aliphatic rings. The van der Waals surface area contributed by atoms with E-state index in [9.17, 15) is 9.59 Å². The lowest BCUT2D eigenvalue weighted by atomic mass is 9.89. The number of benzene rings is 2. The van der Waals surface area contributed by atoms with Crippen LogP contribution in [0.2, 0.25) is 5.02 Å². The van der Waals surface area contributed by atoms with Crippen LogP contribution in [0.25, 0.3) is 5.69 Å². The molecule has 8 heteroatoms. The number of nitrogens with zero attached hydrogens (tertiary/aromatic N) is 2. The molecule has 0 aliphatic carbocycles. The Morgan fingerprint density at radius 1 is 1.29 bits per heavy atom. The molecular formula is C20H17ClN4O3. The van der Waals surface area contributed by atoms with E-state index in [0.29, 0.717) is 16.6 Å². The van der Waals surface area contributed by atoms with Gasteiger partial charge in [-0.15, -0.1) is 0 Å². The summed E-state index contributed by atoms with van der Waals surface area (Å²) in [6, 6.07) is 14.6. The summed E-state index contributed by atoms with van der Waals surface area (Å²) >= 11 is 6.31. The van der Waals surface area contributed by atoms with Crippen LogP contribution in [0.3, 0.4) is 0 Å². The molecule has 1 aromatic heterocycles. The molecule has 0 unspecified atom stereocenters. The van der Waals surface area contributed by atoms with Crippen LogP contribution in [0.15, 0.2) is 54.9 Å². The predicted octanol–water partition coefficient (Wildman–Crippen LogP) is 2.86. The molecule has 7 nitrogen and oxygen atoms in total. The number of carbonyl (C=O) groups excluding carboxylic acids is 2. The summed E-state index contributed by atoms with van der Waals surface area (Å²) in [5.74, 6) is 0.190. The molecule has 142 valence electrons. The fourth-order valence-electron chi connectivity index (χ4n) is 3.29. The number of rotatable bonds is 5. The second-order valence-electron chi connectivity index (χ2n) is 6.43. The SMILES string of the molecule is NC(=O)COc1cccc([C@H]2CC(=O)Nc3c2ncn3-c2ccccc2Cl)c1. The Morgan fingerprint density at radius 2 is 2.11 bits per heavy atom. The fourth-order valence-corrected chi connectivity index (χ4v) is 3.51. The largest absolute Gasteiger partial charge is 0.484 e. The number of halogens is 1. The van der Waals surface area contributed by atoms with Crippen LogP contribution < -0.4 is 15.8 Å². The molecule has 28 heavy (non-hydrogen) atoms. The zero-order valence-corrected chi connectivity index (χ0v) is 15.5. The predicted molar refractivity (Wildman–Crippen MR) is 105 cm³/mol. The molecule has 1 aliphatic heterocycles. The number of primary amides is 1. The molecule has 0 saturated carbocycles. The van der Waals surface area contributed by atoms with E-state index in [-0.39, 0.29) is 24.9 Å². The molecule has 3 N–H and O–H groups in total. The van der Waals surface area contributed by atoms with E-state index in [1.807, 2.05) is 30.3 Å². The highest BCUT2D eigenvalue weighted by Crippen LogP contribution is 2.39. The van der Waals surface area contributed by atoms with E-state index >= 15 is 0 Å². The Kier molecular flexibility index (Phi) is 4.75. The highest BCUT2D eigenvalue weighted by molar-refractivity contribution is 6.32. The van der Waals surface area contributed by atoms with Crippen molar-refractivity contribution >= 4 is 29.2 Å². The minimum Gasteiger partial charge on any atom is -0.484 e. The van der Waals surface area contributed by atoms with Gasteiger partial charge in [0.1, 0.15) is 17.9 Å². The van der Waals surface area contributed by atoms with Crippen LogP contribution in [0, 0.1) is 0 Å². The minimum atomic E-state index is -0.553. The van der Waals surface area contributed by atoms with E-state index in [2.05, 4.69) is 10.3 Å². The third-order valence-electron chi connectivity index (χ3n) is 4.53. The maximum atomic E-state index is 12.4. The number of imidazole rings is 1. The lowest BCUT2D eigenvalue weighted by Gasteiger charge is -2.24. The van der Waals surface area contributed by atoms with Gasteiger partial charge in [0.05, 0.1) is 16.4 Å². The van der Waals surface area contributed by atoms with Crippen LogP contribution >= 0.6 is 11.6 Å². The average Bonchev–Trinajstić information content (AvgIpc) is 3.10. The van der Waals surface area contributed by atoms with E-state index in [0.717, 1.165) is 16.9 Å². The topological polar surface area (TPSA) is 99.2 Å². The maximum absolute atomic E-state index is 12.4. The number of nitrogens with one attached hydrogen (secondary N) is 1. The van der Waals surface area contributed by atoms with E-state index < -0.39 is 5.91 Å². The number of hydrogen-bond acceptors (Lipinski definition) is 4. The minimum absolute atomic E-state index is 0.116. The van der Waals surface area contributed by atoms with Gasteiger partial charge in [-0.3, -0.25) is 14.2 Å². The molecule has 0 saturated heterocycles. The standard InChI is InChI=1S/C20H17ClN4O3/c21-15-6-1-2-7-16(15)25-11-23-19-14(9-18(27)24-20(19)25)12-4-3-5-13(8-12)28-10-17(22)26/h1-8,11,14H,9-10H2,(H2,22,26)(H,24,27)/t14-/m1/s1. The number of amides is 2. The summed E-state index contributed by atoms with van der Waals surface area (Å²) in [6.45, 7) is -0.207. The molecule has 0 bridgehead atoms. The Labute approximate surface area is 166 Å². The number of hydrogen-bond donors (Lipinski definition) is 2. The van der Waals surface area contributed by atoms with Gasteiger partial charge >= 0.3 is 0 Å². The van der Waals surface area contributed by atoms with E-state index in [1.165, 1.54) is 0 Å². The number of ether oxygens (including phenoxy) is 1. The first kappa shape index (κ1) is 18.1. The molecule has 0 spiro atoms. The molecule has 2 amide bonds. The Hall–Kier alpha value is -3.32. The Bertz CT molecular complexity index is 1060. The number of anilines is 1. The third kappa shape index (κ3) is 3.44. The lowest BCUT2D eigenvalue weighted by Crippen LogP contribution is -2.25. The lowest BCUT2D eigenvalue weighted by molar-refractivity contribution is -0.120. The first-order valence-corrected chi connectivity index (χ1v) is 9.04. The fraction of sp³-hybridized carbons (Fsp3) is 0.150. The second kappa shape index (κ2) is 7.36. The van der Waals surface area contributed by atoms with Gasteiger partial charge in [-0.1, -0.05) is 35.9 Å². The number of carbonyl (C=O) groups is 2. The molecular weight excluding hydrogens is 380 g/mol. The highest BCUT2D eigenvalue weighted by Gasteiger charge is 2.31. The molecule has 3 aromatic rings. The Morgan fingerprint density at radius 3 is 2.89 bits per heavy atom. The van der Waals surface area contributed by atoms with Gasteiger partial charge in [0, 0.05) is 12.3 Å². The number of nitrogens with two attached hydrogens (primary N) is 1. The number of para-hydroxylation sites is 1. The smallest absolute Gasteiger partial charge is 0.255 e. The van der Waals surface area contributed by atoms with Crippen LogP contribution in [0.1, 0.15) is 23.6 Å². The van der Waals surface area contributed by atoms with Crippen LogP contribution in [0.4, 0.5) is 5.82 Å². The zero-order valence-electron chi connectivity index (χ0n) is 14.8. The van der Waals surface area contributed by atoms with Crippen LogP contribution in [-0.4, -0.2) is 28.0 Å². The highest BCUT2D eigenvalue weighted by atomic mass is 35.5. The number of fused-ring (bicyclic) bond motifs is 1. The van der Waals surface area contributed by atoms with Crippen molar-refractivity contribution in [3.05, 3.63) is 71.1 Å². The Balaban J connectivity index is 1.73. The van der Waals surface area contributed by atoms with Crippen molar-refractivity contribution in [2.75, 3.05) is 11.9 Å². The molecule has 0 radical (unpaired) electrons. The zero-order chi connectivity index (χ0) is 19.7. The quantitative estimate of drug-likeness (QED) is 0.692. The van der Waals surface area contributed by atoms with Crippen molar-refractivity contribution in [3.63, 3.8) is 0 Å². The van der Waals surface area contributed by atoms with Gasteiger partial charge in [-0.2, -0.15) is 0 Å². The maximum Gasteiger partial charge on any atom is 0.255 e. The first-order valence-electron chi connectivity index (χ1n) is 8.66. The normalized spacial score (nSPS) is 15.6. The summed E-state index contributed by atoms with van der Waals surface area (Å²) in [7, 11) is 0. The van der Waals surface area contributed by atoms with Crippen molar-refractivity contribution in [1.82, 2.24) is 9.55 Å². The van der Waals surface area contributed by atoms with Crippen molar-refractivity contribution in [2.24, 2.45) is 5.73 Å². The van der Waals surface area contributed by atoms with Crippen molar-refractivity contribution in [2.45, 2.75) is 12.3 Å². The van der Waals surface area contributed by atoms with Gasteiger partial charge < -0.3 is 15.8 Å². The molecule has 2 aromatic carbocycles. The molecule has 0 fully saturated rings. The summed E-state index contributed by atoms with van der Waals surface area (Å²) in [6.07, 6.45) is 1.91. The van der Waals surface area contributed by atoms with E-state index in [4.69, 9.17) is 22.1 Å². The van der Waals surface area contributed by atoms with Gasteiger partial charge in [0.2, 0.25) is 5.91 Å². The van der Waals surface area contributed by atoms with Crippen molar-refractivity contribution in [1.29, 1.82) is 0 Å². The van der Waals surface area contributed by atoms with Gasteiger partial charge in [0.15, 0.2) is 6.61 Å². The number of aromatic nitrogens is 2. The second-order valence-corrected chi connectivity index (χ2v) is 6.84. The molecule has 2 heterocycles. The summed E-state index contributed by atoms with van der Waals surface area (Å²) in [5.41, 5.74) is 7.47. The van der Waals surface area contributed by atoms with Crippen molar-refractivity contribution < 1.29 is 14.3 Å². The van der Waals surface area contributed by atoms with Crippen LogP contribution in [0.5, 0.6) is 5.75 Å². The van der Waals surface area contributed by atoms with Crippen LogP contribution in [-0.2, 0) is 9.59 Å². The van der Waals surface area contributed by atoms with E-state index in [1.54, 1.807) is 29.1 Å². The summed E-state index contributed by atoms with van der Waals surface area (Å²) in [4.78, 5) is 27.9. The molecule has 1 atom stereocenters. The average molecular weight is 397 g/mol. The first-order chi connectivity index (χ1) is 13.5.